The van der Waals surface area contributed by atoms with Crippen molar-refractivity contribution in [2.24, 2.45) is 0 Å². The maximum absolute atomic E-state index is 13.3. The van der Waals surface area contributed by atoms with Gasteiger partial charge >= 0.3 is 0 Å². The summed E-state index contributed by atoms with van der Waals surface area (Å²) in [6.07, 6.45) is 1.42. The first-order valence-corrected chi connectivity index (χ1v) is 7.48. The van der Waals surface area contributed by atoms with Gasteiger partial charge in [0.2, 0.25) is 5.91 Å². The molecule has 5 nitrogen and oxygen atoms in total. The molecule has 3 N–H and O–H groups in total. The van der Waals surface area contributed by atoms with E-state index >= 15 is 0 Å². The molecule has 0 bridgehead atoms. The standard InChI is InChI=1S/C14H17BrFN3O2/c1-8(20)18-9-2-4-19(5-3-9)14(21)10-6-13(17)12(16)7-11(10)15/h6-7,9H,2-5,17H2,1H3,(H,18,20). The van der Waals surface area contributed by atoms with Gasteiger partial charge in [0.25, 0.3) is 5.91 Å². The van der Waals surface area contributed by atoms with Crippen LogP contribution in [0.25, 0.3) is 0 Å². The van der Waals surface area contributed by atoms with Gasteiger partial charge in [-0.25, -0.2) is 4.39 Å². The summed E-state index contributed by atoms with van der Waals surface area (Å²) in [5.74, 6) is -0.800. The van der Waals surface area contributed by atoms with Crippen molar-refractivity contribution in [3.63, 3.8) is 0 Å². The zero-order chi connectivity index (χ0) is 15.6. The number of nitrogens with two attached hydrogens (primary N) is 1. The molecule has 1 heterocycles. The van der Waals surface area contributed by atoms with Crippen LogP contribution in [0.3, 0.4) is 0 Å². The number of benzene rings is 1. The first kappa shape index (κ1) is 15.8. The summed E-state index contributed by atoms with van der Waals surface area (Å²) < 4.78 is 13.7. The van der Waals surface area contributed by atoms with E-state index in [4.69, 9.17) is 5.73 Å². The smallest absolute Gasteiger partial charge is 0.255 e. The summed E-state index contributed by atoms with van der Waals surface area (Å²) in [4.78, 5) is 25.1. The van der Waals surface area contributed by atoms with E-state index in [0.717, 1.165) is 0 Å². The number of nitrogen functional groups attached to an aromatic ring is 1. The van der Waals surface area contributed by atoms with Gasteiger partial charge in [0, 0.05) is 30.5 Å². The fourth-order valence-corrected chi connectivity index (χ4v) is 2.90. The van der Waals surface area contributed by atoms with E-state index in [0.29, 0.717) is 36.0 Å². The number of piperidine rings is 1. The molecule has 1 aromatic rings. The van der Waals surface area contributed by atoms with Gasteiger partial charge in [-0.05, 0) is 40.9 Å². The van der Waals surface area contributed by atoms with Gasteiger partial charge in [0.05, 0.1) is 11.3 Å². The lowest BCUT2D eigenvalue weighted by Gasteiger charge is -2.32. The lowest BCUT2D eigenvalue weighted by atomic mass is 10.0. The first-order valence-electron chi connectivity index (χ1n) is 6.69. The van der Waals surface area contributed by atoms with E-state index in [1.807, 2.05) is 0 Å². The van der Waals surface area contributed by atoms with Crippen molar-refractivity contribution in [1.29, 1.82) is 0 Å². The Labute approximate surface area is 130 Å². The molecule has 1 fully saturated rings. The van der Waals surface area contributed by atoms with E-state index < -0.39 is 5.82 Å². The molecule has 0 aromatic heterocycles. The quantitative estimate of drug-likeness (QED) is 0.793. The Morgan fingerprint density at radius 2 is 2.00 bits per heavy atom. The van der Waals surface area contributed by atoms with E-state index in [9.17, 15) is 14.0 Å². The topological polar surface area (TPSA) is 75.4 Å². The van der Waals surface area contributed by atoms with Gasteiger partial charge in [-0.1, -0.05) is 0 Å². The van der Waals surface area contributed by atoms with Crippen LogP contribution in [0.1, 0.15) is 30.1 Å². The van der Waals surface area contributed by atoms with Crippen LogP contribution in [0, 0.1) is 5.82 Å². The van der Waals surface area contributed by atoms with Crippen LogP contribution in [0.15, 0.2) is 16.6 Å². The van der Waals surface area contributed by atoms with Gasteiger partial charge in [-0.15, -0.1) is 0 Å². The molecule has 114 valence electrons. The van der Waals surface area contributed by atoms with Crippen molar-refractivity contribution in [3.8, 4) is 0 Å². The van der Waals surface area contributed by atoms with Crippen molar-refractivity contribution in [2.75, 3.05) is 18.8 Å². The molecule has 0 spiro atoms. The normalized spacial score (nSPS) is 15.9. The van der Waals surface area contributed by atoms with Crippen molar-refractivity contribution in [2.45, 2.75) is 25.8 Å². The summed E-state index contributed by atoms with van der Waals surface area (Å²) >= 11 is 3.19. The molecule has 1 saturated heterocycles. The molecule has 0 saturated carbocycles. The van der Waals surface area contributed by atoms with E-state index in [2.05, 4.69) is 21.2 Å². The summed E-state index contributed by atoms with van der Waals surface area (Å²) in [5, 5.41) is 2.85. The lowest BCUT2D eigenvalue weighted by molar-refractivity contribution is -0.119. The van der Waals surface area contributed by atoms with Crippen LogP contribution < -0.4 is 11.1 Å². The minimum atomic E-state index is -0.553. The summed E-state index contributed by atoms with van der Waals surface area (Å²) in [5.41, 5.74) is 5.83. The van der Waals surface area contributed by atoms with Gasteiger partial charge in [0.1, 0.15) is 5.82 Å². The van der Waals surface area contributed by atoms with Crippen LogP contribution in [0.5, 0.6) is 0 Å². The number of hydrogen-bond acceptors (Lipinski definition) is 3. The Morgan fingerprint density at radius 3 is 2.57 bits per heavy atom. The van der Waals surface area contributed by atoms with Crippen LogP contribution in [0.4, 0.5) is 10.1 Å². The molecule has 0 radical (unpaired) electrons. The highest BCUT2D eigenvalue weighted by atomic mass is 79.9. The Kier molecular flexibility index (Phi) is 4.82. The zero-order valence-corrected chi connectivity index (χ0v) is 13.2. The number of halogens is 2. The minimum Gasteiger partial charge on any atom is -0.396 e. The number of nitrogens with one attached hydrogen (secondary N) is 1. The Hall–Kier alpha value is -1.63. The molecule has 1 aliphatic rings. The molecule has 21 heavy (non-hydrogen) atoms. The Bertz CT molecular complexity index is 572. The average Bonchev–Trinajstić information content (AvgIpc) is 2.42. The van der Waals surface area contributed by atoms with E-state index in [1.165, 1.54) is 19.1 Å². The number of amides is 2. The minimum absolute atomic E-state index is 0.0466. The molecule has 7 heteroatoms. The largest absolute Gasteiger partial charge is 0.396 e. The summed E-state index contributed by atoms with van der Waals surface area (Å²) in [7, 11) is 0. The molecule has 2 amide bonds. The third-order valence-corrected chi connectivity index (χ3v) is 4.16. The van der Waals surface area contributed by atoms with Crippen LogP contribution in [-0.4, -0.2) is 35.8 Å². The van der Waals surface area contributed by atoms with Crippen LogP contribution >= 0.6 is 15.9 Å². The fraction of sp³-hybridized carbons (Fsp3) is 0.429. The highest BCUT2D eigenvalue weighted by Crippen LogP contribution is 2.25. The second-order valence-electron chi connectivity index (χ2n) is 5.12. The summed E-state index contributed by atoms with van der Waals surface area (Å²) in [6.45, 7) is 2.58. The van der Waals surface area contributed by atoms with Crippen LogP contribution in [0.2, 0.25) is 0 Å². The molecular weight excluding hydrogens is 341 g/mol. The number of hydrogen-bond donors (Lipinski definition) is 2. The van der Waals surface area contributed by atoms with Crippen molar-refractivity contribution in [3.05, 3.63) is 28.0 Å². The molecular formula is C14H17BrFN3O2. The molecule has 1 aliphatic heterocycles. The monoisotopic (exact) mass is 357 g/mol. The number of likely N-dealkylation sites (tertiary alicyclic amines) is 1. The molecule has 0 atom stereocenters. The van der Waals surface area contributed by atoms with Crippen molar-refractivity contribution in [1.82, 2.24) is 10.2 Å². The van der Waals surface area contributed by atoms with Crippen molar-refractivity contribution < 1.29 is 14.0 Å². The number of rotatable bonds is 2. The van der Waals surface area contributed by atoms with Crippen LogP contribution in [-0.2, 0) is 4.79 Å². The lowest BCUT2D eigenvalue weighted by Crippen LogP contribution is -2.46. The Balaban J connectivity index is 2.05. The molecule has 2 rings (SSSR count). The van der Waals surface area contributed by atoms with Gasteiger partial charge in [-0.2, -0.15) is 0 Å². The number of carbonyl (C=O) groups excluding carboxylic acids is 2. The summed E-state index contributed by atoms with van der Waals surface area (Å²) in [6, 6.07) is 2.65. The molecule has 0 aliphatic carbocycles. The number of nitrogens with zero attached hydrogens (tertiary/aromatic N) is 1. The number of carbonyl (C=O) groups is 2. The highest BCUT2D eigenvalue weighted by Gasteiger charge is 2.25. The van der Waals surface area contributed by atoms with E-state index in [1.54, 1.807) is 4.90 Å². The first-order chi connectivity index (χ1) is 9.88. The predicted octanol–water partition coefficient (Wildman–Crippen LogP) is 1.91. The zero-order valence-electron chi connectivity index (χ0n) is 11.7. The third kappa shape index (κ3) is 3.72. The highest BCUT2D eigenvalue weighted by molar-refractivity contribution is 9.10. The van der Waals surface area contributed by atoms with E-state index in [-0.39, 0.29) is 23.5 Å². The maximum Gasteiger partial charge on any atom is 0.255 e. The second kappa shape index (κ2) is 6.43. The molecule has 0 unspecified atom stereocenters. The van der Waals surface area contributed by atoms with Gasteiger partial charge < -0.3 is 16.0 Å². The van der Waals surface area contributed by atoms with Gasteiger partial charge in [0.15, 0.2) is 0 Å². The number of anilines is 1. The Morgan fingerprint density at radius 1 is 1.38 bits per heavy atom. The van der Waals surface area contributed by atoms with Gasteiger partial charge in [-0.3, -0.25) is 9.59 Å². The maximum atomic E-state index is 13.3. The predicted molar refractivity (Wildman–Crippen MR) is 81.3 cm³/mol. The average molecular weight is 358 g/mol. The second-order valence-corrected chi connectivity index (χ2v) is 5.97. The molecule has 1 aromatic carbocycles. The van der Waals surface area contributed by atoms with Crippen molar-refractivity contribution >= 4 is 33.4 Å². The fourth-order valence-electron chi connectivity index (χ4n) is 2.41. The third-order valence-electron chi connectivity index (χ3n) is 3.51. The SMILES string of the molecule is CC(=O)NC1CCN(C(=O)c2cc(N)c(F)cc2Br)CC1.